The smallest absolute Gasteiger partial charge is 0.207 e. The number of benzene rings is 2. The van der Waals surface area contributed by atoms with Gasteiger partial charge in [-0.25, -0.2) is 8.42 Å². The first-order valence-corrected chi connectivity index (χ1v) is 13.0. The lowest BCUT2D eigenvalue weighted by atomic mass is 9.85. The van der Waals surface area contributed by atoms with Gasteiger partial charge in [-0.15, -0.1) is 0 Å². The van der Waals surface area contributed by atoms with E-state index in [2.05, 4.69) is 4.90 Å². The molecule has 1 aliphatic carbocycles. The molecule has 3 aliphatic rings. The van der Waals surface area contributed by atoms with Crippen LogP contribution in [0.3, 0.4) is 0 Å². The lowest BCUT2D eigenvalue weighted by Gasteiger charge is -2.43. The Morgan fingerprint density at radius 3 is 2.50 bits per heavy atom. The van der Waals surface area contributed by atoms with Crippen LogP contribution in [-0.4, -0.2) is 51.8 Å². The molecule has 2 aromatic rings. The van der Waals surface area contributed by atoms with Gasteiger partial charge in [-0.05, 0) is 63.9 Å². The van der Waals surface area contributed by atoms with E-state index in [1.807, 2.05) is 19.9 Å². The SMILES string of the molecule is COc1cc(OC(C)C)cc(S(=O)(=O)c2ccc3c(c2)OC2CN(C4CCC4)CCC32)c1. The number of rotatable bonds is 6. The molecule has 0 spiro atoms. The fourth-order valence-electron chi connectivity index (χ4n) is 5.05. The summed E-state index contributed by atoms with van der Waals surface area (Å²) in [5.74, 6) is 1.97. The van der Waals surface area contributed by atoms with E-state index < -0.39 is 9.84 Å². The summed E-state index contributed by atoms with van der Waals surface area (Å²) in [6, 6.07) is 10.8. The molecule has 2 aliphatic heterocycles. The van der Waals surface area contributed by atoms with E-state index in [-0.39, 0.29) is 22.0 Å². The first-order chi connectivity index (χ1) is 15.3. The van der Waals surface area contributed by atoms with Crippen LogP contribution >= 0.6 is 0 Å². The Morgan fingerprint density at radius 1 is 1.03 bits per heavy atom. The van der Waals surface area contributed by atoms with Crippen LogP contribution in [0.15, 0.2) is 46.2 Å². The molecule has 2 aromatic carbocycles. The van der Waals surface area contributed by atoms with Gasteiger partial charge >= 0.3 is 0 Å². The van der Waals surface area contributed by atoms with Crippen LogP contribution in [0.25, 0.3) is 0 Å². The third-order valence-electron chi connectivity index (χ3n) is 6.93. The van der Waals surface area contributed by atoms with Crippen molar-refractivity contribution in [2.75, 3.05) is 20.2 Å². The molecule has 2 unspecified atom stereocenters. The largest absolute Gasteiger partial charge is 0.497 e. The zero-order chi connectivity index (χ0) is 22.5. The van der Waals surface area contributed by atoms with Crippen molar-refractivity contribution in [3.8, 4) is 17.2 Å². The minimum absolute atomic E-state index is 0.0751. The maximum absolute atomic E-state index is 13.5. The molecule has 172 valence electrons. The Kier molecular flexibility index (Phi) is 5.58. The third-order valence-corrected chi connectivity index (χ3v) is 8.66. The number of piperidine rings is 1. The fraction of sp³-hybridized carbons (Fsp3) is 0.520. The number of ether oxygens (including phenoxy) is 3. The molecular weight excluding hydrogens is 426 g/mol. The van der Waals surface area contributed by atoms with Crippen LogP contribution < -0.4 is 14.2 Å². The second-order valence-corrected chi connectivity index (χ2v) is 11.3. The summed E-state index contributed by atoms with van der Waals surface area (Å²) in [5.41, 5.74) is 1.14. The molecule has 0 radical (unpaired) electrons. The number of fused-ring (bicyclic) bond motifs is 3. The van der Waals surface area contributed by atoms with Crippen LogP contribution in [0, 0.1) is 0 Å². The molecule has 32 heavy (non-hydrogen) atoms. The van der Waals surface area contributed by atoms with Crippen LogP contribution in [-0.2, 0) is 9.84 Å². The van der Waals surface area contributed by atoms with E-state index in [0.717, 1.165) is 25.1 Å². The van der Waals surface area contributed by atoms with E-state index >= 15 is 0 Å². The van der Waals surface area contributed by atoms with Crippen molar-refractivity contribution in [1.82, 2.24) is 4.90 Å². The van der Waals surface area contributed by atoms with Crippen molar-refractivity contribution in [2.45, 2.75) is 73.5 Å². The average Bonchev–Trinajstić information content (AvgIpc) is 3.08. The third kappa shape index (κ3) is 3.86. The lowest BCUT2D eigenvalue weighted by molar-refractivity contribution is 0.0366. The van der Waals surface area contributed by atoms with E-state index in [0.29, 0.717) is 29.2 Å². The van der Waals surface area contributed by atoms with Gasteiger partial charge in [-0.2, -0.15) is 0 Å². The van der Waals surface area contributed by atoms with Crippen molar-refractivity contribution in [2.24, 2.45) is 0 Å². The number of hydrogen-bond donors (Lipinski definition) is 0. The second-order valence-electron chi connectivity index (χ2n) is 9.35. The zero-order valence-electron chi connectivity index (χ0n) is 18.9. The van der Waals surface area contributed by atoms with Crippen molar-refractivity contribution >= 4 is 9.84 Å². The van der Waals surface area contributed by atoms with Gasteiger partial charge in [0.1, 0.15) is 23.4 Å². The fourth-order valence-corrected chi connectivity index (χ4v) is 6.37. The summed E-state index contributed by atoms with van der Waals surface area (Å²) in [4.78, 5) is 2.94. The average molecular weight is 458 g/mol. The molecule has 1 saturated heterocycles. The Hall–Kier alpha value is -2.25. The number of hydrogen-bond acceptors (Lipinski definition) is 6. The highest BCUT2D eigenvalue weighted by Crippen LogP contribution is 2.45. The summed E-state index contributed by atoms with van der Waals surface area (Å²) in [7, 11) is -2.24. The maximum Gasteiger partial charge on any atom is 0.207 e. The molecule has 6 nitrogen and oxygen atoms in total. The highest BCUT2D eigenvalue weighted by atomic mass is 32.2. The Balaban J connectivity index is 1.42. The number of sulfone groups is 1. The number of likely N-dealkylation sites (tertiary alicyclic amines) is 1. The highest BCUT2D eigenvalue weighted by Gasteiger charge is 2.41. The lowest BCUT2D eigenvalue weighted by Crippen LogP contribution is -2.50. The summed E-state index contributed by atoms with van der Waals surface area (Å²) in [6.45, 7) is 5.82. The predicted octanol–water partition coefficient (Wildman–Crippen LogP) is 4.42. The summed E-state index contributed by atoms with van der Waals surface area (Å²) < 4.78 is 44.3. The standard InChI is InChI=1S/C25H31NO5S/c1-16(2)30-19-11-18(29-3)12-21(13-19)32(27,28)20-7-8-22-23-9-10-26(17-5-4-6-17)15-25(23)31-24(22)14-20/h7-8,11-14,16-17,23,25H,4-6,9-10,15H2,1-3H3. The molecule has 2 fully saturated rings. The normalized spacial score (nSPS) is 23.2. The molecule has 5 rings (SSSR count). The molecule has 2 atom stereocenters. The van der Waals surface area contributed by atoms with E-state index in [9.17, 15) is 8.42 Å². The Morgan fingerprint density at radius 2 is 1.81 bits per heavy atom. The molecule has 0 aromatic heterocycles. The van der Waals surface area contributed by atoms with Gasteiger partial charge < -0.3 is 14.2 Å². The topological polar surface area (TPSA) is 65.1 Å². The first-order valence-electron chi connectivity index (χ1n) is 11.5. The Bertz CT molecular complexity index is 1110. The summed E-state index contributed by atoms with van der Waals surface area (Å²) in [6.07, 6.45) is 5.00. The molecule has 0 bridgehead atoms. The van der Waals surface area contributed by atoms with E-state index in [1.165, 1.54) is 32.4 Å². The molecule has 1 saturated carbocycles. The number of methoxy groups -OCH3 is 1. The highest BCUT2D eigenvalue weighted by molar-refractivity contribution is 7.91. The van der Waals surface area contributed by atoms with Gasteiger partial charge in [0.05, 0.1) is 23.0 Å². The van der Waals surface area contributed by atoms with Crippen LogP contribution in [0.2, 0.25) is 0 Å². The van der Waals surface area contributed by atoms with Gasteiger partial charge in [0.15, 0.2) is 0 Å². The minimum Gasteiger partial charge on any atom is -0.497 e. The van der Waals surface area contributed by atoms with Crippen LogP contribution in [0.1, 0.15) is 51.0 Å². The molecule has 0 N–H and O–H groups in total. The van der Waals surface area contributed by atoms with Crippen molar-refractivity contribution in [3.05, 3.63) is 42.0 Å². The molecular formula is C25H31NO5S. The monoisotopic (exact) mass is 457 g/mol. The van der Waals surface area contributed by atoms with Crippen LogP contribution in [0.5, 0.6) is 17.2 Å². The Labute approximate surface area is 190 Å². The van der Waals surface area contributed by atoms with Crippen molar-refractivity contribution in [1.29, 1.82) is 0 Å². The first kappa shape index (κ1) is 21.6. The van der Waals surface area contributed by atoms with Gasteiger partial charge in [-0.3, -0.25) is 4.90 Å². The summed E-state index contributed by atoms with van der Waals surface area (Å²) in [5, 5.41) is 0. The van der Waals surface area contributed by atoms with Gasteiger partial charge in [0.2, 0.25) is 9.84 Å². The molecule has 0 amide bonds. The van der Waals surface area contributed by atoms with Crippen molar-refractivity contribution in [3.63, 3.8) is 0 Å². The van der Waals surface area contributed by atoms with Crippen LogP contribution in [0.4, 0.5) is 0 Å². The van der Waals surface area contributed by atoms with Gasteiger partial charge in [0, 0.05) is 30.1 Å². The van der Waals surface area contributed by atoms with Gasteiger partial charge in [0.25, 0.3) is 0 Å². The minimum atomic E-state index is -3.75. The van der Waals surface area contributed by atoms with E-state index in [1.54, 1.807) is 24.3 Å². The number of nitrogens with zero attached hydrogens (tertiary/aromatic N) is 1. The maximum atomic E-state index is 13.5. The van der Waals surface area contributed by atoms with Crippen molar-refractivity contribution < 1.29 is 22.6 Å². The summed E-state index contributed by atoms with van der Waals surface area (Å²) >= 11 is 0. The quantitative estimate of drug-likeness (QED) is 0.640. The zero-order valence-corrected chi connectivity index (χ0v) is 19.7. The molecule has 2 heterocycles. The second kappa shape index (κ2) is 8.27. The van der Waals surface area contributed by atoms with E-state index in [4.69, 9.17) is 14.2 Å². The van der Waals surface area contributed by atoms with Gasteiger partial charge in [-0.1, -0.05) is 12.5 Å². The predicted molar refractivity (Wildman–Crippen MR) is 122 cm³/mol. The molecule has 7 heteroatoms.